The van der Waals surface area contributed by atoms with Crippen molar-refractivity contribution in [2.45, 2.75) is 25.3 Å². The van der Waals surface area contributed by atoms with Gasteiger partial charge in [-0.2, -0.15) is 0 Å². The number of para-hydroxylation sites is 1. The van der Waals surface area contributed by atoms with Crippen LogP contribution in [0.3, 0.4) is 0 Å². The summed E-state index contributed by atoms with van der Waals surface area (Å²) in [5.74, 6) is 0.808. The number of nitrogens with two attached hydrogens (primary N) is 1. The predicted octanol–water partition coefficient (Wildman–Crippen LogP) is 2.05. The fraction of sp³-hybridized carbons (Fsp3) is 0.500. The molecule has 2 aromatic rings. The van der Waals surface area contributed by atoms with Gasteiger partial charge in [-0.05, 0) is 49.9 Å². The topological polar surface area (TPSA) is 43.0 Å². The number of nitrogens with zero attached hydrogens (tertiary/aromatic N) is 1. The van der Waals surface area contributed by atoms with Gasteiger partial charge in [0.25, 0.3) is 0 Å². The Hall–Kier alpha value is -1.32. The van der Waals surface area contributed by atoms with Crippen molar-refractivity contribution in [2.24, 2.45) is 18.7 Å². The second-order valence-electron chi connectivity index (χ2n) is 5.83. The Bertz CT molecular complexity index is 552. The van der Waals surface area contributed by atoms with Crippen molar-refractivity contribution in [3.8, 4) is 0 Å². The van der Waals surface area contributed by atoms with Gasteiger partial charge in [-0.15, -0.1) is 0 Å². The summed E-state index contributed by atoms with van der Waals surface area (Å²) in [6, 6.07) is 9.08. The van der Waals surface area contributed by atoms with Gasteiger partial charge in [-0.25, -0.2) is 0 Å². The molecule has 0 aliphatic heterocycles. The van der Waals surface area contributed by atoms with Crippen LogP contribution >= 0.6 is 0 Å². The minimum atomic E-state index is 0.463. The first-order valence-electron chi connectivity index (χ1n) is 7.23. The zero-order valence-corrected chi connectivity index (χ0v) is 11.6. The third-order valence-electron chi connectivity index (χ3n) is 4.26. The first kappa shape index (κ1) is 12.7. The molecule has 0 atom stereocenters. The molecule has 1 aromatic heterocycles. The van der Waals surface area contributed by atoms with Gasteiger partial charge in [0.15, 0.2) is 0 Å². The molecular weight excluding hydrogens is 234 g/mol. The Morgan fingerprint density at radius 1 is 1.32 bits per heavy atom. The molecule has 102 valence electrons. The molecule has 0 bridgehead atoms. The first-order valence-corrected chi connectivity index (χ1v) is 7.23. The Kier molecular flexibility index (Phi) is 3.58. The van der Waals surface area contributed by atoms with Crippen LogP contribution in [0.2, 0.25) is 0 Å². The number of benzene rings is 1. The molecule has 1 heterocycles. The zero-order chi connectivity index (χ0) is 13.2. The number of hydrogen-bond acceptors (Lipinski definition) is 2. The molecule has 19 heavy (non-hydrogen) atoms. The van der Waals surface area contributed by atoms with Crippen LogP contribution in [0.4, 0.5) is 0 Å². The highest BCUT2D eigenvalue weighted by molar-refractivity contribution is 5.83. The molecule has 3 N–H and O–H groups in total. The molecule has 1 aliphatic carbocycles. The van der Waals surface area contributed by atoms with Gasteiger partial charge in [0, 0.05) is 30.2 Å². The number of aryl methyl sites for hydroxylation is 1. The molecule has 0 saturated heterocycles. The summed E-state index contributed by atoms with van der Waals surface area (Å²) in [7, 11) is 2.12. The molecule has 0 spiro atoms. The quantitative estimate of drug-likeness (QED) is 0.805. The van der Waals surface area contributed by atoms with Gasteiger partial charge in [-0.3, -0.25) is 0 Å². The molecule has 1 saturated carbocycles. The summed E-state index contributed by atoms with van der Waals surface area (Å²) in [6.45, 7) is 2.18. The second kappa shape index (κ2) is 5.35. The van der Waals surface area contributed by atoms with E-state index in [2.05, 4.69) is 47.4 Å². The molecule has 3 nitrogen and oxygen atoms in total. The Labute approximate surface area is 114 Å². The maximum atomic E-state index is 5.80. The van der Waals surface area contributed by atoms with E-state index in [9.17, 15) is 0 Å². The highest BCUT2D eigenvalue weighted by atomic mass is 14.9. The lowest BCUT2D eigenvalue weighted by Gasteiger charge is -2.32. The Balaban J connectivity index is 1.54. The molecule has 1 aliphatic rings. The lowest BCUT2D eigenvalue weighted by molar-refractivity contribution is 0.257. The van der Waals surface area contributed by atoms with Gasteiger partial charge in [0.2, 0.25) is 0 Å². The van der Waals surface area contributed by atoms with Crippen LogP contribution in [-0.4, -0.2) is 23.7 Å². The summed E-state index contributed by atoms with van der Waals surface area (Å²) in [6.07, 6.45) is 5.74. The van der Waals surface area contributed by atoms with E-state index in [4.69, 9.17) is 5.73 Å². The summed E-state index contributed by atoms with van der Waals surface area (Å²) in [5.41, 5.74) is 8.56. The molecule has 1 fully saturated rings. The highest BCUT2D eigenvalue weighted by Gasteiger charge is 2.24. The Morgan fingerprint density at radius 2 is 2.11 bits per heavy atom. The van der Waals surface area contributed by atoms with Crippen LogP contribution in [0.5, 0.6) is 0 Å². The number of fused-ring (bicyclic) bond motifs is 1. The van der Waals surface area contributed by atoms with Crippen molar-refractivity contribution in [3.63, 3.8) is 0 Å². The van der Waals surface area contributed by atoms with E-state index in [1.165, 1.54) is 29.3 Å². The van der Waals surface area contributed by atoms with E-state index in [0.29, 0.717) is 6.04 Å². The second-order valence-corrected chi connectivity index (χ2v) is 5.83. The largest absolute Gasteiger partial charge is 0.350 e. The van der Waals surface area contributed by atoms with Crippen LogP contribution in [0, 0.1) is 5.92 Å². The van der Waals surface area contributed by atoms with E-state index < -0.39 is 0 Å². The van der Waals surface area contributed by atoms with Gasteiger partial charge in [0.1, 0.15) is 0 Å². The van der Waals surface area contributed by atoms with Crippen molar-refractivity contribution in [3.05, 3.63) is 36.0 Å². The lowest BCUT2D eigenvalue weighted by atomic mass is 9.81. The maximum absolute atomic E-state index is 5.80. The van der Waals surface area contributed by atoms with Crippen molar-refractivity contribution < 1.29 is 0 Å². The van der Waals surface area contributed by atoms with Crippen molar-refractivity contribution in [1.29, 1.82) is 0 Å². The lowest BCUT2D eigenvalue weighted by Crippen LogP contribution is -2.41. The van der Waals surface area contributed by atoms with E-state index in [-0.39, 0.29) is 0 Å². The van der Waals surface area contributed by atoms with Gasteiger partial charge in [0.05, 0.1) is 0 Å². The average Bonchev–Trinajstić information content (AvgIpc) is 2.70. The van der Waals surface area contributed by atoms with Crippen LogP contribution in [-0.2, 0) is 13.5 Å². The minimum absolute atomic E-state index is 0.463. The third-order valence-corrected chi connectivity index (χ3v) is 4.26. The first-order chi connectivity index (χ1) is 9.24. The monoisotopic (exact) mass is 257 g/mol. The van der Waals surface area contributed by atoms with E-state index >= 15 is 0 Å². The van der Waals surface area contributed by atoms with Gasteiger partial charge < -0.3 is 15.6 Å². The fourth-order valence-electron chi connectivity index (χ4n) is 3.11. The molecular formula is C16H23N3. The molecule has 0 amide bonds. The summed E-state index contributed by atoms with van der Waals surface area (Å²) < 4.78 is 2.22. The maximum Gasteiger partial charge on any atom is 0.0480 e. The summed E-state index contributed by atoms with van der Waals surface area (Å²) in [5, 5.41) is 4.95. The molecule has 0 radical (unpaired) electrons. The standard InChI is InChI=1S/C16H23N3/c1-19-11-13(15-4-2-3-5-16(15)19)6-7-18-10-12-8-14(17)9-12/h2-5,11-12,14,18H,6-10,17H2,1H3. The minimum Gasteiger partial charge on any atom is -0.350 e. The van der Waals surface area contributed by atoms with E-state index in [1.807, 2.05) is 0 Å². The number of aromatic nitrogens is 1. The van der Waals surface area contributed by atoms with E-state index in [1.54, 1.807) is 0 Å². The summed E-state index contributed by atoms with van der Waals surface area (Å²) in [4.78, 5) is 0. The molecule has 3 rings (SSSR count). The van der Waals surface area contributed by atoms with Crippen LogP contribution in [0.25, 0.3) is 10.9 Å². The van der Waals surface area contributed by atoms with Crippen molar-refractivity contribution in [1.82, 2.24) is 9.88 Å². The van der Waals surface area contributed by atoms with E-state index in [0.717, 1.165) is 25.4 Å². The van der Waals surface area contributed by atoms with Crippen molar-refractivity contribution in [2.75, 3.05) is 13.1 Å². The number of nitrogens with one attached hydrogen (secondary N) is 1. The third kappa shape index (κ3) is 2.67. The zero-order valence-electron chi connectivity index (χ0n) is 11.6. The van der Waals surface area contributed by atoms with Crippen LogP contribution < -0.4 is 11.1 Å². The SMILES string of the molecule is Cn1cc(CCNCC2CC(N)C2)c2ccccc21. The van der Waals surface area contributed by atoms with Gasteiger partial charge >= 0.3 is 0 Å². The van der Waals surface area contributed by atoms with Gasteiger partial charge in [-0.1, -0.05) is 18.2 Å². The smallest absolute Gasteiger partial charge is 0.0480 e. The number of rotatable bonds is 5. The Morgan fingerprint density at radius 3 is 2.89 bits per heavy atom. The molecule has 0 unspecified atom stereocenters. The summed E-state index contributed by atoms with van der Waals surface area (Å²) >= 11 is 0. The predicted molar refractivity (Wildman–Crippen MR) is 80.2 cm³/mol. The van der Waals surface area contributed by atoms with Crippen molar-refractivity contribution >= 4 is 10.9 Å². The average molecular weight is 257 g/mol. The number of hydrogen-bond donors (Lipinski definition) is 2. The van der Waals surface area contributed by atoms with Crippen LogP contribution in [0.15, 0.2) is 30.5 Å². The molecule has 3 heteroatoms. The fourth-order valence-corrected chi connectivity index (χ4v) is 3.11. The molecule has 1 aromatic carbocycles. The van der Waals surface area contributed by atoms with Crippen LogP contribution in [0.1, 0.15) is 18.4 Å². The normalized spacial score (nSPS) is 22.6. The highest BCUT2D eigenvalue weighted by Crippen LogP contribution is 2.24.